The molecule has 0 aliphatic carbocycles. The van der Waals surface area contributed by atoms with E-state index in [0.717, 1.165) is 25.9 Å². The summed E-state index contributed by atoms with van der Waals surface area (Å²) in [6.45, 7) is 10.7. The number of carbonyl (C=O) groups is 1. The molecule has 1 amide bonds. The van der Waals surface area contributed by atoms with Crippen LogP contribution in [0.3, 0.4) is 0 Å². The van der Waals surface area contributed by atoms with E-state index in [-0.39, 0.29) is 5.91 Å². The van der Waals surface area contributed by atoms with Crippen LogP contribution in [0.1, 0.15) is 33.1 Å². The standard InChI is InChI=1S/C12H25N3O/c1-4-9-14(10-5-2)15(11-6-3)12(16)7-8-13/h6H,3-5,7-11,13H2,1-2H3. The highest BCUT2D eigenvalue weighted by molar-refractivity contribution is 5.76. The van der Waals surface area contributed by atoms with Crippen LogP contribution in [-0.2, 0) is 4.79 Å². The van der Waals surface area contributed by atoms with E-state index in [1.54, 1.807) is 11.1 Å². The van der Waals surface area contributed by atoms with Crippen LogP contribution in [0.4, 0.5) is 0 Å². The van der Waals surface area contributed by atoms with Gasteiger partial charge in [-0.2, -0.15) is 0 Å². The lowest BCUT2D eigenvalue weighted by Gasteiger charge is -2.34. The normalized spacial score (nSPS) is 10.5. The third-order valence-electron chi connectivity index (χ3n) is 2.25. The molecule has 0 saturated carbocycles. The molecule has 0 unspecified atom stereocenters. The highest BCUT2D eigenvalue weighted by atomic mass is 16.2. The summed E-state index contributed by atoms with van der Waals surface area (Å²) in [5.41, 5.74) is 5.42. The van der Waals surface area contributed by atoms with Crippen molar-refractivity contribution in [3.8, 4) is 0 Å². The lowest BCUT2D eigenvalue weighted by molar-refractivity contribution is -0.147. The second-order valence-corrected chi connectivity index (χ2v) is 3.76. The lowest BCUT2D eigenvalue weighted by atomic mass is 10.3. The number of hydrogen-bond donors (Lipinski definition) is 1. The molecule has 0 aliphatic heterocycles. The molecule has 0 aromatic rings. The van der Waals surface area contributed by atoms with Crippen molar-refractivity contribution < 1.29 is 4.79 Å². The van der Waals surface area contributed by atoms with Gasteiger partial charge in [-0.3, -0.25) is 9.80 Å². The molecule has 0 saturated heterocycles. The Balaban J connectivity index is 4.53. The Kier molecular flexibility index (Phi) is 8.85. The summed E-state index contributed by atoms with van der Waals surface area (Å²) in [4.78, 5) is 11.9. The number of hydrogen-bond acceptors (Lipinski definition) is 3. The molecule has 0 aromatic heterocycles. The molecule has 0 heterocycles. The Labute approximate surface area is 99.1 Å². The number of nitrogens with zero attached hydrogens (tertiary/aromatic N) is 2. The Morgan fingerprint density at radius 1 is 1.31 bits per heavy atom. The summed E-state index contributed by atoms with van der Waals surface area (Å²) in [7, 11) is 0. The fraction of sp³-hybridized carbons (Fsp3) is 0.750. The molecule has 0 spiro atoms. The lowest BCUT2D eigenvalue weighted by Crippen LogP contribution is -2.47. The quantitative estimate of drug-likeness (QED) is 0.478. The van der Waals surface area contributed by atoms with Gasteiger partial charge in [0.15, 0.2) is 0 Å². The SMILES string of the molecule is C=CCN(C(=O)CCN)N(CCC)CCC. The number of carbonyl (C=O) groups excluding carboxylic acids is 1. The van der Waals surface area contributed by atoms with Crippen molar-refractivity contribution in [1.29, 1.82) is 0 Å². The maximum Gasteiger partial charge on any atom is 0.238 e. The molecule has 0 bridgehead atoms. The van der Waals surface area contributed by atoms with E-state index in [1.165, 1.54) is 0 Å². The molecule has 4 nitrogen and oxygen atoms in total. The van der Waals surface area contributed by atoms with Crippen molar-refractivity contribution in [2.75, 3.05) is 26.2 Å². The van der Waals surface area contributed by atoms with Crippen LogP contribution in [0.15, 0.2) is 12.7 Å². The zero-order valence-electron chi connectivity index (χ0n) is 10.6. The second kappa shape index (κ2) is 9.36. The van der Waals surface area contributed by atoms with Gasteiger partial charge in [0.05, 0.1) is 6.54 Å². The molecule has 0 aromatic carbocycles. The largest absolute Gasteiger partial charge is 0.330 e. The fourth-order valence-electron chi connectivity index (χ4n) is 1.62. The van der Waals surface area contributed by atoms with E-state index >= 15 is 0 Å². The van der Waals surface area contributed by atoms with E-state index in [2.05, 4.69) is 25.4 Å². The van der Waals surface area contributed by atoms with Gasteiger partial charge in [0.25, 0.3) is 0 Å². The number of amides is 1. The molecule has 94 valence electrons. The van der Waals surface area contributed by atoms with Crippen LogP contribution >= 0.6 is 0 Å². The van der Waals surface area contributed by atoms with Crippen molar-refractivity contribution in [2.24, 2.45) is 5.73 Å². The Morgan fingerprint density at radius 3 is 2.25 bits per heavy atom. The van der Waals surface area contributed by atoms with Crippen molar-refractivity contribution >= 4 is 5.91 Å². The van der Waals surface area contributed by atoms with E-state index in [9.17, 15) is 4.79 Å². The third-order valence-corrected chi connectivity index (χ3v) is 2.25. The smallest absolute Gasteiger partial charge is 0.238 e. The van der Waals surface area contributed by atoms with Gasteiger partial charge >= 0.3 is 0 Å². The van der Waals surface area contributed by atoms with Gasteiger partial charge in [0.2, 0.25) is 5.91 Å². The molecule has 0 fully saturated rings. The first kappa shape index (κ1) is 15.1. The van der Waals surface area contributed by atoms with Crippen molar-refractivity contribution in [3.05, 3.63) is 12.7 Å². The molecule has 0 atom stereocenters. The van der Waals surface area contributed by atoms with Gasteiger partial charge < -0.3 is 5.73 Å². The van der Waals surface area contributed by atoms with Gasteiger partial charge in [-0.15, -0.1) is 6.58 Å². The Hall–Kier alpha value is -0.870. The number of nitrogens with two attached hydrogens (primary N) is 1. The Bertz CT molecular complexity index is 200. The Morgan fingerprint density at radius 2 is 1.88 bits per heavy atom. The van der Waals surface area contributed by atoms with Gasteiger partial charge in [0, 0.05) is 26.1 Å². The number of hydrazine groups is 1. The average Bonchev–Trinajstić information content (AvgIpc) is 2.26. The van der Waals surface area contributed by atoms with Crippen LogP contribution in [-0.4, -0.2) is 42.1 Å². The van der Waals surface area contributed by atoms with Crippen molar-refractivity contribution in [3.63, 3.8) is 0 Å². The molecule has 0 radical (unpaired) electrons. The molecule has 0 aliphatic rings. The first-order valence-electron chi connectivity index (χ1n) is 6.07. The van der Waals surface area contributed by atoms with Crippen LogP contribution in [0.2, 0.25) is 0 Å². The predicted octanol–water partition coefficient (Wildman–Crippen LogP) is 1.39. The summed E-state index contributed by atoms with van der Waals surface area (Å²) in [6, 6.07) is 0. The van der Waals surface area contributed by atoms with E-state index < -0.39 is 0 Å². The summed E-state index contributed by atoms with van der Waals surface area (Å²) >= 11 is 0. The van der Waals surface area contributed by atoms with Gasteiger partial charge in [-0.25, -0.2) is 5.01 Å². The molecule has 16 heavy (non-hydrogen) atoms. The maximum atomic E-state index is 11.9. The summed E-state index contributed by atoms with van der Waals surface area (Å²) < 4.78 is 0. The van der Waals surface area contributed by atoms with Crippen molar-refractivity contribution in [1.82, 2.24) is 10.0 Å². The van der Waals surface area contributed by atoms with Crippen LogP contribution in [0.25, 0.3) is 0 Å². The second-order valence-electron chi connectivity index (χ2n) is 3.76. The molecule has 4 heteroatoms. The summed E-state index contributed by atoms with van der Waals surface area (Å²) in [5.74, 6) is 0.0873. The van der Waals surface area contributed by atoms with E-state index in [0.29, 0.717) is 19.5 Å². The minimum Gasteiger partial charge on any atom is -0.330 e. The molecular formula is C12H25N3O. The summed E-state index contributed by atoms with van der Waals surface area (Å²) in [6.07, 6.45) is 4.22. The maximum absolute atomic E-state index is 11.9. The number of rotatable bonds is 9. The minimum absolute atomic E-state index is 0.0873. The topological polar surface area (TPSA) is 49.6 Å². The third kappa shape index (κ3) is 5.28. The highest BCUT2D eigenvalue weighted by Crippen LogP contribution is 2.04. The minimum atomic E-state index is 0.0873. The van der Waals surface area contributed by atoms with Crippen molar-refractivity contribution in [2.45, 2.75) is 33.1 Å². The highest BCUT2D eigenvalue weighted by Gasteiger charge is 2.17. The molecule has 0 rings (SSSR count). The van der Waals surface area contributed by atoms with Gasteiger partial charge in [-0.1, -0.05) is 19.9 Å². The van der Waals surface area contributed by atoms with Crippen LogP contribution in [0, 0.1) is 0 Å². The van der Waals surface area contributed by atoms with Gasteiger partial charge in [-0.05, 0) is 12.8 Å². The first-order valence-corrected chi connectivity index (χ1v) is 6.07. The fourth-order valence-corrected chi connectivity index (χ4v) is 1.62. The van der Waals surface area contributed by atoms with E-state index in [1.807, 2.05) is 0 Å². The molecular weight excluding hydrogens is 202 g/mol. The molecule has 2 N–H and O–H groups in total. The zero-order chi connectivity index (χ0) is 12.4. The predicted molar refractivity (Wildman–Crippen MR) is 67.7 cm³/mol. The van der Waals surface area contributed by atoms with Gasteiger partial charge in [0.1, 0.15) is 0 Å². The summed E-state index contributed by atoms with van der Waals surface area (Å²) in [5, 5.41) is 3.87. The zero-order valence-corrected chi connectivity index (χ0v) is 10.6. The van der Waals surface area contributed by atoms with Crippen LogP contribution < -0.4 is 5.73 Å². The monoisotopic (exact) mass is 227 g/mol. The first-order chi connectivity index (χ1) is 7.71. The average molecular weight is 227 g/mol. The van der Waals surface area contributed by atoms with E-state index in [4.69, 9.17) is 5.73 Å². The van der Waals surface area contributed by atoms with Crippen LogP contribution in [0.5, 0.6) is 0 Å².